The van der Waals surface area contributed by atoms with Gasteiger partial charge in [0.1, 0.15) is 27.2 Å². The van der Waals surface area contributed by atoms with Crippen molar-refractivity contribution >= 4 is 44.3 Å². The summed E-state index contributed by atoms with van der Waals surface area (Å²) in [6.07, 6.45) is 0.376. The summed E-state index contributed by atoms with van der Waals surface area (Å²) in [5.74, 6) is -2.00. The van der Waals surface area contributed by atoms with Crippen molar-refractivity contribution in [3.8, 4) is 11.3 Å². The second-order valence-corrected chi connectivity index (χ2v) is 13.2. The maximum atomic E-state index is 13.7. The van der Waals surface area contributed by atoms with E-state index in [1.807, 2.05) is 78.9 Å². The molecule has 0 spiro atoms. The lowest BCUT2D eigenvalue weighted by atomic mass is 9.84. The quantitative estimate of drug-likeness (QED) is 0.176. The molecule has 8 nitrogen and oxygen atoms in total. The third-order valence-corrected chi connectivity index (χ3v) is 7.96. The number of para-hydroxylation sites is 1. The van der Waals surface area contributed by atoms with Crippen molar-refractivity contribution in [1.82, 2.24) is 0 Å². The third kappa shape index (κ3) is 7.80. The molecular weight excluding hydrogens is 576 g/mol. The molecule has 0 aliphatic carbocycles. The van der Waals surface area contributed by atoms with Gasteiger partial charge in [0.05, 0.1) is 5.92 Å². The Morgan fingerprint density at radius 2 is 1.43 bits per heavy atom. The maximum absolute atomic E-state index is 13.7. The Balaban J connectivity index is 1.34. The zero-order valence-electron chi connectivity index (χ0n) is 24.7. The van der Waals surface area contributed by atoms with Crippen LogP contribution in [0.15, 0.2) is 108 Å². The minimum Gasteiger partial charge on any atom is -0.748 e. The van der Waals surface area contributed by atoms with Gasteiger partial charge in [-0.1, -0.05) is 75.4 Å². The number of benzene rings is 4. The van der Waals surface area contributed by atoms with Crippen molar-refractivity contribution in [2.45, 2.75) is 38.5 Å². The predicted molar refractivity (Wildman–Crippen MR) is 172 cm³/mol. The van der Waals surface area contributed by atoms with Crippen molar-refractivity contribution in [1.29, 1.82) is 0 Å². The Kier molecular flexibility index (Phi) is 8.71. The second kappa shape index (κ2) is 12.5. The van der Waals surface area contributed by atoms with Crippen LogP contribution >= 0.6 is 0 Å². The number of fused-ring (bicyclic) bond motifs is 1. The highest BCUT2D eigenvalue weighted by molar-refractivity contribution is 7.86. The van der Waals surface area contributed by atoms with E-state index in [1.165, 1.54) is 0 Å². The Morgan fingerprint density at radius 3 is 2.05 bits per heavy atom. The standard InChI is InChI=1S/C35H34N2O6S/c1-35(2,3)27-14-10-24(11-15-27)30(20-23-8-16-28(17-9-23)36-33(38)22-44(40,41)42)34(39)37-29-18-12-25(13-19-29)32-21-26-6-4-5-7-31(26)43-32/h4-19,21,30H,20,22H2,1-3H3,(H,36,38)(H,37,39)(H,40,41,42)/p-1. The van der Waals surface area contributed by atoms with Crippen LogP contribution in [-0.4, -0.2) is 30.5 Å². The van der Waals surface area contributed by atoms with Crippen LogP contribution in [0.3, 0.4) is 0 Å². The van der Waals surface area contributed by atoms with E-state index < -0.39 is 27.7 Å². The average molecular weight is 610 g/mol. The molecule has 9 heteroatoms. The van der Waals surface area contributed by atoms with Crippen molar-refractivity contribution in [2.75, 3.05) is 16.4 Å². The van der Waals surface area contributed by atoms with Crippen molar-refractivity contribution < 1.29 is 27.0 Å². The molecule has 2 amide bonds. The minimum atomic E-state index is -4.68. The van der Waals surface area contributed by atoms with Crippen molar-refractivity contribution in [2.24, 2.45) is 0 Å². The van der Waals surface area contributed by atoms with E-state index in [0.717, 1.165) is 39.0 Å². The molecule has 0 saturated carbocycles. The number of carbonyl (C=O) groups is 2. The minimum absolute atomic E-state index is 0.0381. The molecule has 0 saturated heterocycles. The molecule has 1 aromatic heterocycles. The third-order valence-electron chi connectivity index (χ3n) is 7.34. The van der Waals surface area contributed by atoms with Gasteiger partial charge in [0, 0.05) is 22.3 Å². The van der Waals surface area contributed by atoms with Crippen LogP contribution in [0.2, 0.25) is 0 Å². The zero-order chi connectivity index (χ0) is 31.5. The van der Waals surface area contributed by atoms with E-state index in [2.05, 4.69) is 31.4 Å². The predicted octanol–water partition coefficient (Wildman–Crippen LogP) is 6.85. The summed E-state index contributed by atoms with van der Waals surface area (Å²) in [5, 5.41) is 6.48. The molecular formula is C35H33N2O6S-. The number of nitrogens with one attached hydrogen (secondary N) is 2. The molecule has 226 valence electrons. The van der Waals surface area contributed by atoms with Crippen molar-refractivity contribution in [3.05, 3.63) is 120 Å². The van der Waals surface area contributed by atoms with Crippen molar-refractivity contribution in [3.63, 3.8) is 0 Å². The highest BCUT2D eigenvalue weighted by Crippen LogP contribution is 2.30. The van der Waals surface area contributed by atoms with Gasteiger partial charge < -0.3 is 19.6 Å². The second-order valence-electron chi connectivity index (χ2n) is 11.8. The fourth-order valence-corrected chi connectivity index (χ4v) is 5.36. The summed E-state index contributed by atoms with van der Waals surface area (Å²) < 4.78 is 38.6. The first-order valence-corrected chi connectivity index (χ1v) is 15.7. The lowest BCUT2D eigenvalue weighted by Gasteiger charge is -2.22. The fraction of sp³-hybridized carbons (Fsp3) is 0.200. The molecule has 0 bridgehead atoms. The topological polar surface area (TPSA) is 129 Å². The first-order valence-electron chi connectivity index (χ1n) is 14.2. The number of hydrogen-bond donors (Lipinski definition) is 2. The van der Waals surface area contributed by atoms with Crippen LogP contribution in [0.4, 0.5) is 11.4 Å². The maximum Gasteiger partial charge on any atom is 0.238 e. The van der Waals surface area contributed by atoms with Crippen LogP contribution in [0, 0.1) is 0 Å². The van der Waals surface area contributed by atoms with E-state index >= 15 is 0 Å². The Labute approximate surface area is 256 Å². The first-order chi connectivity index (χ1) is 20.8. The number of amides is 2. The van der Waals surface area contributed by atoms with Crippen LogP contribution in [0.5, 0.6) is 0 Å². The van der Waals surface area contributed by atoms with Gasteiger partial charge in [-0.3, -0.25) is 9.59 Å². The number of furan rings is 1. The molecule has 2 N–H and O–H groups in total. The van der Waals surface area contributed by atoms with E-state index in [1.54, 1.807) is 24.3 Å². The smallest absolute Gasteiger partial charge is 0.238 e. The van der Waals surface area contributed by atoms with Crippen LogP contribution in [0.1, 0.15) is 43.4 Å². The monoisotopic (exact) mass is 609 g/mol. The molecule has 1 heterocycles. The lowest BCUT2D eigenvalue weighted by molar-refractivity contribution is -0.117. The number of hydrogen-bond acceptors (Lipinski definition) is 6. The summed E-state index contributed by atoms with van der Waals surface area (Å²) in [4.78, 5) is 25.6. The molecule has 4 aromatic carbocycles. The number of rotatable bonds is 9. The van der Waals surface area contributed by atoms with E-state index in [-0.39, 0.29) is 11.3 Å². The van der Waals surface area contributed by atoms with Gasteiger partial charge in [-0.25, -0.2) is 8.42 Å². The summed E-state index contributed by atoms with van der Waals surface area (Å²) in [7, 11) is -4.68. The molecule has 1 unspecified atom stereocenters. The average Bonchev–Trinajstić information content (AvgIpc) is 3.40. The number of carbonyl (C=O) groups excluding carboxylic acids is 2. The molecule has 5 aromatic rings. The summed E-state index contributed by atoms with van der Waals surface area (Å²) in [6.45, 7) is 6.40. The lowest BCUT2D eigenvalue weighted by Crippen LogP contribution is -2.23. The van der Waals surface area contributed by atoms with E-state index in [0.29, 0.717) is 17.8 Å². The Bertz CT molecular complexity index is 1850. The molecule has 0 aliphatic rings. The molecule has 1 atom stereocenters. The van der Waals surface area contributed by atoms with Gasteiger partial charge >= 0.3 is 0 Å². The molecule has 0 fully saturated rings. The highest BCUT2D eigenvalue weighted by atomic mass is 32.2. The summed E-state index contributed by atoms with van der Waals surface area (Å²) in [5.41, 5.74) is 5.51. The van der Waals surface area contributed by atoms with Gasteiger partial charge in [0.15, 0.2) is 0 Å². The fourth-order valence-electron chi connectivity index (χ4n) is 4.97. The van der Waals surface area contributed by atoms with Gasteiger partial charge in [-0.2, -0.15) is 0 Å². The van der Waals surface area contributed by atoms with Gasteiger partial charge in [-0.15, -0.1) is 0 Å². The van der Waals surface area contributed by atoms with Gasteiger partial charge in [-0.05, 0) is 77.1 Å². The SMILES string of the molecule is CC(C)(C)c1ccc(C(Cc2ccc(NC(=O)CS(=O)(=O)[O-])cc2)C(=O)Nc2ccc(-c3cc4ccccc4o3)cc2)cc1. The van der Waals surface area contributed by atoms with Crippen LogP contribution < -0.4 is 10.6 Å². The summed E-state index contributed by atoms with van der Waals surface area (Å²) >= 11 is 0. The Hall–Kier alpha value is -4.73. The normalized spacial score (nSPS) is 12.5. The highest BCUT2D eigenvalue weighted by Gasteiger charge is 2.23. The van der Waals surface area contributed by atoms with Gasteiger partial charge in [0.2, 0.25) is 11.8 Å². The van der Waals surface area contributed by atoms with E-state index in [4.69, 9.17) is 4.42 Å². The zero-order valence-corrected chi connectivity index (χ0v) is 25.5. The van der Waals surface area contributed by atoms with Crippen LogP contribution in [0.25, 0.3) is 22.3 Å². The van der Waals surface area contributed by atoms with Crippen LogP contribution in [-0.2, 0) is 31.5 Å². The summed E-state index contributed by atoms with van der Waals surface area (Å²) in [6, 6.07) is 32.1. The molecule has 0 aliphatic heterocycles. The van der Waals surface area contributed by atoms with E-state index in [9.17, 15) is 22.6 Å². The number of anilines is 2. The molecule has 0 radical (unpaired) electrons. The molecule has 44 heavy (non-hydrogen) atoms. The molecule has 5 rings (SSSR count). The van der Waals surface area contributed by atoms with Gasteiger partial charge in [0.25, 0.3) is 0 Å². The largest absolute Gasteiger partial charge is 0.748 e. The Morgan fingerprint density at radius 1 is 0.818 bits per heavy atom. The first kappa shape index (κ1) is 30.7.